The summed E-state index contributed by atoms with van der Waals surface area (Å²) >= 11 is 0. The normalized spacial score (nSPS) is 18.3. The van der Waals surface area contributed by atoms with Gasteiger partial charge in [-0.25, -0.2) is 12.7 Å². The van der Waals surface area contributed by atoms with Gasteiger partial charge in [-0.15, -0.1) is 0 Å². The van der Waals surface area contributed by atoms with Crippen molar-refractivity contribution >= 4 is 20.9 Å². The molecule has 0 amide bonds. The number of aromatic nitrogens is 1. The van der Waals surface area contributed by atoms with Gasteiger partial charge in [0.15, 0.2) is 0 Å². The van der Waals surface area contributed by atoms with E-state index in [1.165, 1.54) is 27.6 Å². The molecule has 31 heavy (non-hydrogen) atoms. The number of hydrogen-bond donors (Lipinski definition) is 0. The fraction of sp³-hybridized carbons (Fsp3) is 0.462. The highest BCUT2D eigenvalue weighted by molar-refractivity contribution is 7.89. The van der Waals surface area contributed by atoms with Gasteiger partial charge in [-0.05, 0) is 61.3 Å². The Kier molecular flexibility index (Phi) is 6.27. The van der Waals surface area contributed by atoms with E-state index in [9.17, 15) is 8.42 Å². The summed E-state index contributed by atoms with van der Waals surface area (Å²) in [7, 11) is -3.22. The Balaban J connectivity index is 1.76. The van der Waals surface area contributed by atoms with Crippen LogP contribution in [0.5, 0.6) is 0 Å². The first-order valence-electron chi connectivity index (χ1n) is 11.4. The number of rotatable bonds is 6. The molecule has 5 heteroatoms. The largest absolute Gasteiger partial charge is 0.347 e. The molecule has 0 N–H and O–H groups in total. The molecule has 0 spiro atoms. The van der Waals surface area contributed by atoms with Crippen molar-refractivity contribution < 1.29 is 8.42 Å². The van der Waals surface area contributed by atoms with Crippen molar-refractivity contribution in [2.45, 2.75) is 58.2 Å². The average Bonchev–Trinajstić information content (AvgIpc) is 3.11. The van der Waals surface area contributed by atoms with Gasteiger partial charge in [0, 0.05) is 36.7 Å². The molecule has 1 fully saturated rings. The van der Waals surface area contributed by atoms with Crippen molar-refractivity contribution in [2.24, 2.45) is 5.92 Å². The van der Waals surface area contributed by atoms with Crippen molar-refractivity contribution in [1.82, 2.24) is 8.87 Å². The highest BCUT2D eigenvalue weighted by Gasteiger charge is 2.32. The first-order valence-corrected chi connectivity index (χ1v) is 12.9. The maximum Gasteiger partial charge on any atom is 0.216 e. The third-order valence-corrected chi connectivity index (χ3v) is 8.60. The maximum absolute atomic E-state index is 12.8. The standard InChI is InChI=1S/C26H34N2O2S/c1-19(2)16-27-18-25(23-11-8-14-28(17-23)31(29,30)20(3)4)24-13-12-22(15-26(24)27)21-9-6-5-7-10-21/h5-7,9-10,12-13,15,18-20,23H,8,11,14,16-17H2,1-4H3. The molecule has 166 valence electrons. The second kappa shape index (κ2) is 8.79. The van der Waals surface area contributed by atoms with Gasteiger partial charge in [0.05, 0.1) is 5.25 Å². The Morgan fingerprint density at radius 2 is 1.74 bits per heavy atom. The number of fused-ring (bicyclic) bond motifs is 1. The van der Waals surface area contributed by atoms with Crippen molar-refractivity contribution in [3.63, 3.8) is 0 Å². The topological polar surface area (TPSA) is 42.3 Å². The quantitative estimate of drug-likeness (QED) is 0.482. The summed E-state index contributed by atoms with van der Waals surface area (Å²) in [5.41, 5.74) is 4.97. The number of benzene rings is 2. The molecule has 2 heterocycles. The van der Waals surface area contributed by atoms with Crippen LogP contribution in [0.25, 0.3) is 22.0 Å². The van der Waals surface area contributed by atoms with Gasteiger partial charge in [0.1, 0.15) is 0 Å². The minimum Gasteiger partial charge on any atom is -0.347 e. The fourth-order valence-corrected chi connectivity index (χ4v) is 6.09. The number of hydrogen-bond acceptors (Lipinski definition) is 2. The third-order valence-electron chi connectivity index (χ3n) is 6.36. The lowest BCUT2D eigenvalue weighted by Gasteiger charge is -2.33. The molecule has 1 aliphatic heterocycles. The highest BCUT2D eigenvalue weighted by Crippen LogP contribution is 2.36. The van der Waals surface area contributed by atoms with Crippen LogP contribution in [0.1, 0.15) is 52.0 Å². The van der Waals surface area contributed by atoms with E-state index >= 15 is 0 Å². The lowest BCUT2D eigenvalue weighted by molar-refractivity contribution is 0.314. The van der Waals surface area contributed by atoms with E-state index in [1.807, 2.05) is 6.07 Å². The Morgan fingerprint density at radius 1 is 1.00 bits per heavy atom. The van der Waals surface area contributed by atoms with Gasteiger partial charge in [-0.1, -0.05) is 56.3 Å². The summed E-state index contributed by atoms with van der Waals surface area (Å²) in [6.07, 6.45) is 4.23. The lowest BCUT2D eigenvalue weighted by Crippen LogP contribution is -2.42. The molecule has 0 radical (unpaired) electrons. The van der Waals surface area contributed by atoms with E-state index in [2.05, 4.69) is 67.1 Å². The lowest BCUT2D eigenvalue weighted by atomic mass is 9.91. The molecule has 0 bridgehead atoms. The third kappa shape index (κ3) is 4.44. The van der Waals surface area contributed by atoms with Crippen LogP contribution in [0.4, 0.5) is 0 Å². The molecule has 0 aliphatic carbocycles. The Hall–Kier alpha value is -2.11. The molecule has 1 unspecified atom stereocenters. The van der Waals surface area contributed by atoms with Crippen LogP contribution in [-0.4, -0.2) is 35.6 Å². The van der Waals surface area contributed by atoms with Crippen molar-refractivity contribution in [3.05, 3.63) is 60.3 Å². The summed E-state index contributed by atoms with van der Waals surface area (Å²) in [5, 5.41) is 0.885. The average molecular weight is 439 g/mol. The monoisotopic (exact) mass is 438 g/mol. The maximum atomic E-state index is 12.8. The zero-order chi connectivity index (χ0) is 22.2. The minimum atomic E-state index is -3.22. The molecule has 1 aliphatic rings. The number of sulfonamides is 1. The van der Waals surface area contributed by atoms with E-state index in [0.717, 1.165) is 19.4 Å². The van der Waals surface area contributed by atoms with E-state index < -0.39 is 10.0 Å². The summed E-state index contributed by atoms with van der Waals surface area (Å²) in [4.78, 5) is 0. The van der Waals surface area contributed by atoms with E-state index in [0.29, 0.717) is 19.0 Å². The van der Waals surface area contributed by atoms with Crippen LogP contribution in [0.15, 0.2) is 54.7 Å². The van der Waals surface area contributed by atoms with Crippen LogP contribution >= 0.6 is 0 Å². The first kappa shape index (κ1) is 22.1. The SMILES string of the molecule is CC(C)Cn1cc(C2CCCN(S(=O)(=O)C(C)C)C2)c2ccc(-c3ccccc3)cc21. The van der Waals surface area contributed by atoms with Crippen LogP contribution < -0.4 is 0 Å². The zero-order valence-corrected chi connectivity index (χ0v) is 19.9. The summed E-state index contributed by atoms with van der Waals surface area (Å²) in [5.74, 6) is 0.772. The highest BCUT2D eigenvalue weighted by atomic mass is 32.2. The van der Waals surface area contributed by atoms with E-state index in [-0.39, 0.29) is 11.2 Å². The Bertz CT molecular complexity index is 1150. The van der Waals surface area contributed by atoms with Crippen molar-refractivity contribution in [3.8, 4) is 11.1 Å². The van der Waals surface area contributed by atoms with E-state index in [4.69, 9.17) is 0 Å². The van der Waals surface area contributed by atoms with Crippen LogP contribution in [0.2, 0.25) is 0 Å². The predicted octanol–water partition coefficient (Wildman–Crippen LogP) is 5.88. The zero-order valence-electron chi connectivity index (χ0n) is 19.1. The van der Waals surface area contributed by atoms with Crippen molar-refractivity contribution in [2.75, 3.05) is 13.1 Å². The molecule has 1 aromatic heterocycles. The molecule has 2 aromatic carbocycles. The summed E-state index contributed by atoms with van der Waals surface area (Å²) in [6.45, 7) is 10.2. The van der Waals surface area contributed by atoms with Crippen LogP contribution in [-0.2, 0) is 16.6 Å². The molecule has 1 atom stereocenters. The molecule has 1 saturated heterocycles. The molecule has 3 aromatic rings. The molecular formula is C26H34N2O2S. The predicted molar refractivity (Wildman–Crippen MR) is 130 cm³/mol. The summed E-state index contributed by atoms with van der Waals surface area (Å²) < 4.78 is 29.7. The molecular weight excluding hydrogens is 404 g/mol. The van der Waals surface area contributed by atoms with E-state index in [1.54, 1.807) is 18.2 Å². The van der Waals surface area contributed by atoms with Crippen molar-refractivity contribution in [1.29, 1.82) is 0 Å². The second-order valence-corrected chi connectivity index (χ2v) is 12.0. The first-order chi connectivity index (χ1) is 14.8. The Morgan fingerprint density at radius 3 is 2.42 bits per heavy atom. The summed E-state index contributed by atoms with van der Waals surface area (Å²) in [6, 6.07) is 17.2. The van der Waals surface area contributed by atoms with Gasteiger partial charge in [0.2, 0.25) is 10.0 Å². The molecule has 4 nitrogen and oxygen atoms in total. The van der Waals surface area contributed by atoms with Gasteiger partial charge in [0.25, 0.3) is 0 Å². The van der Waals surface area contributed by atoms with Crippen LogP contribution in [0, 0.1) is 5.92 Å². The Labute approximate surface area is 186 Å². The van der Waals surface area contributed by atoms with Gasteiger partial charge in [-0.3, -0.25) is 0 Å². The van der Waals surface area contributed by atoms with Gasteiger partial charge >= 0.3 is 0 Å². The molecule has 4 rings (SSSR count). The smallest absolute Gasteiger partial charge is 0.216 e. The van der Waals surface area contributed by atoms with Crippen LogP contribution in [0.3, 0.4) is 0 Å². The number of nitrogens with zero attached hydrogens (tertiary/aromatic N) is 2. The number of piperidine rings is 1. The second-order valence-electron chi connectivity index (χ2n) is 9.52. The minimum absolute atomic E-state index is 0.237. The molecule has 0 saturated carbocycles. The fourth-order valence-electron chi connectivity index (χ4n) is 4.73. The van der Waals surface area contributed by atoms with Gasteiger partial charge < -0.3 is 4.57 Å². The van der Waals surface area contributed by atoms with Gasteiger partial charge in [-0.2, -0.15) is 0 Å².